The molecule has 1 aromatic carbocycles. The van der Waals surface area contributed by atoms with E-state index in [4.69, 9.17) is 10.4 Å². The molecule has 2 N–H and O–H groups in total. The number of hydrogen-bond donors (Lipinski definition) is 1. The van der Waals surface area contributed by atoms with Crippen LogP contribution < -0.4 is 5.14 Å². The average Bonchev–Trinajstić information content (AvgIpc) is 2.25. The Hall–Kier alpha value is -1.45. The largest absolute Gasteiger partial charge is 0.228 e. The van der Waals surface area contributed by atoms with Gasteiger partial charge in [0.05, 0.1) is 16.9 Å². The topological polar surface area (TPSA) is 83.9 Å². The average molecular weight is 256 g/mol. The van der Waals surface area contributed by atoms with Crippen molar-refractivity contribution in [2.24, 2.45) is 5.14 Å². The maximum Gasteiger partial charge on any atom is 0.212 e. The molecule has 0 aliphatic heterocycles. The van der Waals surface area contributed by atoms with E-state index in [-0.39, 0.29) is 5.56 Å². The predicted molar refractivity (Wildman–Crippen MR) is 62.1 cm³/mol. The van der Waals surface area contributed by atoms with E-state index in [1.165, 1.54) is 19.1 Å². The van der Waals surface area contributed by atoms with Gasteiger partial charge in [-0.15, -0.1) is 0 Å². The van der Waals surface area contributed by atoms with Crippen molar-refractivity contribution in [3.8, 4) is 6.07 Å². The molecule has 0 saturated heterocycles. The Kier molecular flexibility index (Phi) is 3.86. The zero-order chi connectivity index (χ0) is 13.2. The quantitative estimate of drug-likeness (QED) is 0.888. The van der Waals surface area contributed by atoms with Crippen molar-refractivity contribution in [3.05, 3.63) is 35.1 Å². The predicted octanol–water partition coefficient (Wildman–Crippen LogP) is 1.48. The van der Waals surface area contributed by atoms with Crippen LogP contribution in [0.4, 0.5) is 4.39 Å². The first-order chi connectivity index (χ1) is 7.77. The molecule has 92 valence electrons. The molecule has 2 atom stereocenters. The molecule has 0 aliphatic rings. The number of primary sulfonamides is 1. The zero-order valence-electron chi connectivity index (χ0n) is 9.51. The van der Waals surface area contributed by atoms with Crippen molar-refractivity contribution in [2.45, 2.75) is 25.0 Å². The number of nitrogens with two attached hydrogens (primary N) is 1. The summed E-state index contributed by atoms with van der Waals surface area (Å²) in [4.78, 5) is 0. The van der Waals surface area contributed by atoms with Crippen LogP contribution in [0, 0.1) is 17.1 Å². The van der Waals surface area contributed by atoms with Gasteiger partial charge in [-0.25, -0.2) is 17.9 Å². The third kappa shape index (κ3) is 3.02. The first kappa shape index (κ1) is 13.6. The first-order valence-electron chi connectivity index (χ1n) is 4.98. The molecule has 0 fully saturated rings. The van der Waals surface area contributed by atoms with Crippen LogP contribution >= 0.6 is 0 Å². The van der Waals surface area contributed by atoms with Crippen LogP contribution in [0.15, 0.2) is 18.2 Å². The molecular formula is C11H13FN2O2S. The number of rotatable bonds is 3. The monoisotopic (exact) mass is 256 g/mol. The molecule has 1 rings (SSSR count). The molecule has 1 aromatic rings. The summed E-state index contributed by atoms with van der Waals surface area (Å²) in [5, 5.41) is 13.1. The fourth-order valence-corrected chi connectivity index (χ4v) is 2.28. The van der Waals surface area contributed by atoms with Crippen molar-refractivity contribution in [2.75, 3.05) is 0 Å². The molecule has 0 spiro atoms. The zero-order valence-corrected chi connectivity index (χ0v) is 10.3. The number of benzene rings is 1. The van der Waals surface area contributed by atoms with E-state index >= 15 is 0 Å². The van der Waals surface area contributed by atoms with E-state index < -0.39 is 27.0 Å². The summed E-state index contributed by atoms with van der Waals surface area (Å²) in [6.45, 7) is 3.10. The van der Waals surface area contributed by atoms with Gasteiger partial charge >= 0.3 is 0 Å². The molecule has 0 saturated carbocycles. The minimum Gasteiger partial charge on any atom is -0.228 e. The van der Waals surface area contributed by atoms with Crippen LogP contribution in [0.2, 0.25) is 0 Å². The number of sulfonamides is 1. The van der Waals surface area contributed by atoms with Crippen LogP contribution in [-0.2, 0) is 10.0 Å². The van der Waals surface area contributed by atoms with Gasteiger partial charge in [0.1, 0.15) is 5.82 Å². The Balaban J connectivity index is 3.22. The van der Waals surface area contributed by atoms with E-state index in [0.29, 0.717) is 5.56 Å². The Morgan fingerprint density at radius 1 is 1.41 bits per heavy atom. The van der Waals surface area contributed by atoms with Gasteiger partial charge in [-0.2, -0.15) is 5.26 Å². The number of halogens is 1. The smallest absolute Gasteiger partial charge is 0.212 e. The molecule has 1 unspecified atom stereocenters. The maximum absolute atomic E-state index is 12.9. The van der Waals surface area contributed by atoms with Gasteiger partial charge in [0.2, 0.25) is 10.0 Å². The molecule has 0 bridgehead atoms. The number of nitriles is 1. The van der Waals surface area contributed by atoms with Crippen LogP contribution in [0.25, 0.3) is 0 Å². The lowest BCUT2D eigenvalue weighted by atomic mass is 9.94. The van der Waals surface area contributed by atoms with E-state index in [1.54, 1.807) is 6.92 Å². The molecule has 0 heterocycles. The lowest BCUT2D eigenvalue weighted by Crippen LogP contribution is -2.30. The van der Waals surface area contributed by atoms with Gasteiger partial charge in [0.25, 0.3) is 0 Å². The molecule has 6 heteroatoms. The second-order valence-electron chi connectivity index (χ2n) is 3.93. The fourth-order valence-electron chi connectivity index (χ4n) is 1.56. The van der Waals surface area contributed by atoms with Gasteiger partial charge in [-0.3, -0.25) is 0 Å². The van der Waals surface area contributed by atoms with Gasteiger partial charge < -0.3 is 0 Å². The minimum atomic E-state index is -3.69. The van der Waals surface area contributed by atoms with Gasteiger partial charge in [-0.1, -0.05) is 13.0 Å². The van der Waals surface area contributed by atoms with Gasteiger partial charge in [-0.05, 0) is 24.6 Å². The van der Waals surface area contributed by atoms with E-state index in [1.807, 2.05) is 6.07 Å². The third-order valence-corrected chi connectivity index (χ3v) is 4.29. The second-order valence-corrected chi connectivity index (χ2v) is 5.85. The lowest BCUT2D eigenvalue weighted by molar-refractivity contribution is 0.570. The van der Waals surface area contributed by atoms with Crippen molar-refractivity contribution in [1.82, 2.24) is 0 Å². The van der Waals surface area contributed by atoms with Crippen molar-refractivity contribution < 1.29 is 12.8 Å². The summed E-state index contributed by atoms with van der Waals surface area (Å²) < 4.78 is 35.4. The highest BCUT2D eigenvalue weighted by Crippen LogP contribution is 2.26. The van der Waals surface area contributed by atoms with Crippen LogP contribution in [0.1, 0.15) is 30.9 Å². The number of hydrogen-bond acceptors (Lipinski definition) is 3. The fraction of sp³-hybridized carbons (Fsp3) is 0.364. The summed E-state index contributed by atoms with van der Waals surface area (Å²) >= 11 is 0. The van der Waals surface area contributed by atoms with Crippen molar-refractivity contribution >= 4 is 10.0 Å². The van der Waals surface area contributed by atoms with E-state index in [0.717, 1.165) is 6.07 Å². The molecule has 0 radical (unpaired) electrons. The molecular weight excluding hydrogens is 243 g/mol. The summed E-state index contributed by atoms with van der Waals surface area (Å²) in [5.74, 6) is -0.999. The minimum absolute atomic E-state index is 0.132. The second kappa shape index (κ2) is 4.82. The first-order valence-corrected chi connectivity index (χ1v) is 6.59. The summed E-state index contributed by atoms with van der Waals surface area (Å²) in [7, 11) is -3.69. The molecule has 4 nitrogen and oxygen atoms in total. The third-order valence-electron chi connectivity index (χ3n) is 2.85. The Bertz CT molecular complexity index is 563. The molecule has 0 aromatic heterocycles. The van der Waals surface area contributed by atoms with Crippen molar-refractivity contribution in [3.63, 3.8) is 0 Å². The highest BCUT2D eigenvalue weighted by molar-refractivity contribution is 7.89. The number of nitrogens with zero attached hydrogens (tertiary/aromatic N) is 1. The summed E-state index contributed by atoms with van der Waals surface area (Å²) in [6.07, 6.45) is 0. The highest BCUT2D eigenvalue weighted by atomic mass is 32.2. The normalized spacial score (nSPS) is 15.0. The Morgan fingerprint density at radius 2 is 2.00 bits per heavy atom. The van der Waals surface area contributed by atoms with Crippen LogP contribution in [-0.4, -0.2) is 13.7 Å². The summed E-state index contributed by atoms with van der Waals surface area (Å²) in [5.41, 5.74) is 0.614. The van der Waals surface area contributed by atoms with E-state index in [9.17, 15) is 12.8 Å². The highest BCUT2D eigenvalue weighted by Gasteiger charge is 2.26. The lowest BCUT2D eigenvalue weighted by Gasteiger charge is -2.19. The molecule has 0 amide bonds. The Labute approximate surface area is 99.9 Å². The molecule has 0 aliphatic carbocycles. The van der Waals surface area contributed by atoms with E-state index in [2.05, 4.69) is 0 Å². The van der Waals surface area contributed by atoms with Gasteiger partial charge in [0, 0.05) is 5.92 Å². The summed E-state index contributed by atoms with van der Waals surface area (Å²) in [6, 6.07) is 5.55. The maximum atomic E-state index is 12.9. The standard InChI is InChI=1S/C11H13FN2O2S/c1-7(8(2)17(14,15)16)11-4-3-10(12)5-9(11)6-13/h3-5,7-8H,1-2H3,(H2,14,15,16)/t7-,8?/m0/s1. The van der Waals surface area contributed by atoms with Gasteiger partial charge in [0.15, 0.2) is 0 Å². The van der Waals surface area contributed by atoms with Crippen molar-refractivity contribution in [1.29, 1.82) is 5.26 Å². The Morgan fingerprint density at radius 3 is 2.47 bits per heavy atom. The molecule has 17 heavy (non-hydrogen) atoms. The van der Waals surface area contributed by atoms with Crippen LogP contribution in [0.3, 0.4) is 0 Å². The van der Waals surface area contributed by atoms with Crippen LogP contribution in [0.5, 0.6) is 0 Å². The SMILES string of the molecule is CC([C@H](C)c1ccc(F)cc1C#N)S(N)(=O)=O.